The number of hydrogen-bond acceptors (Lipinski definition) is 3. The van der Waals surface area contributed by atoms with Crippen LogP contribution < -0.4 is 10.1 Å². The van der Waals surface area contributed by atoms with E-state index in [0.717, 1.165) is 0 Å². The zero-order valence-electron chi connectivity index (χ0n) is 14.1. The number of ketones is 1. The third kappa shape index (κ3) is 5.09. The normalized spacial score (nSPS) is 10.3. The molecule has 0 aromatic heterocycles. The molecule has 0 unspecified atom stereocenters. The van der Waals surface area contributed by atoms with Gasteiger partial charge in [0, 0.05) is 27.9 Å². The Balaban J connectivity index is 1.60. The third-order valence-electron chi connectivity index (χ3n) is 3.75. The zero-order chi connectivity index (χ0) is 19.2. The van der Waals surface area contributed by atoms with Crippen LogP contribution in [0.2, 0.25) is 10.0 Å². The van der Waals surface area contributed by atoms with Gasteiger partial charge in [0.2, 0.25) is 0 Å². The summed E-state index contributed by atoms with van der Waals surface area (Å²) in [6, 6.07) is 20.3. The first-order valence-electron chi connectivity index (χ1n) is 8.10. The Morgan fingerprint density at radius 2 is 1.56 bits per heavy atom. The summed E-state index contributed by atoms with van der Waals surface area (Å²) in [6.07, 6.45) is 0. The van der Waals surface area contributed by atoms with Crippen molar-refractivity contribution in [3.05, 3.63) is 94.0 Å². The first-order valence-corrected chi connectivity index (χ1v) is 8.86. The molecule has 1 amide bonds. The molecule has 0 bridgehead atoms. The highest BCUT2D eigenvalue weighted by Gasteiger charge is 2.10. The van der Waals surface area contributed by atoms with Crippen LogP contribution in [-0.2, 0) is 0 Å². The van der Waals surface area contributed by atoms with Crippen LogP contribution in [0.4, 0.5) is 5.69 Å². The molecule has 0 heterocycles. The summed E-state index contributed by atoms with van der Waals surface area (Å²) in [5.74, 6) is -0.0788. The smallest absolute Gasteiger partial charge is 0.255 e. The van der Waals surface area contributed by atoms with Crippen molar-refractivity contribution in [2.75, 3.05) is 11.9 Å². The standard InChI is InChI=1S/C21H15Cl2NO3/c22-16-8-11-18(23)20(12-16)27-13-19(25)14-6-9-17(10-7-14)24-21(26)15-4-2-1-3-5-15/h1-12H,13H2,(H,24,26). The first kappa shape index (κ1) is 19.0. The van der Waals surface area contributed by atoms with Gasteiger partial charge in [0.1, 0.15) is 5.75 Å². The Labute approximate surface area is 166 Å². The third-order valence-corrected chi connectivity index (χ3v) is 4.30. The summed E-state index contributed by atoms with van der Waals surface area (Å²) in [7, 11) is 0. The predicted molar refractivity (Wildman–Crippen MR) is 107 cm³/mol. The molecule has 3 aromatic carbocycles. The monoisotopic (exact) mass is 399 g/mol. The molecule has 4 nitrogen and oxygen atoms in total. The Morgan fingerprint density at radius 3 is 2.26 bits per heavy atom. The van der Waals surface area contributed by atoms with Gasteiger partial charge in [-0.15, -0.1) is 0 Å². The van der Waals surface area contributed by atoms with Gasteiger partial charge in [-0.05, 0) is 48.5 Å². The van der Waals surface area contributed by atoms with Crippen molar-refractivity contribution in [3.8, 4) is 5.75 Å². The molecule has 0 aliphatic rings. The van der Waals surface area contributed by atoms with Crippen molar-refractivity contribution in [1.82, 2.24) is 0 Å². The number of halogens is 2. The van der Waals surface area contributed by atoms with Crippen molar-refractivity contribution in [1.29, 1.82) is 0 Å². The van der Waals surface area contributed by atoms with Crippen LogP contribution in [0, 0.1) is 0 Å². The van der Waals surface area contributed by atoms with E-state index in [2.05, 4.69) is 5.32 Å². The lowest BCUT2D eigenvalue weighted by Crippen LogP contribution is -2.13. The van der Waals surface area contributed by atoms with Gasteiger partial charge in [-0.1, -0.05) is 41.4 Å². The average Bonchev–Trinajstić information content (AvgIpc) is 2.69. The van der Waals surface area contributed by atoms with Crippen molar-refractivity contribution in [2.24, 2.45) is 0 Å². The van der Waals surface area contributed by atoms with Crippen molar-refractivity contribution < 1.29 is 14.3 Å². The number of nitrogens with one attached hydrogen (secondary N) is 1. The molecular weight excluding hydrogens is 385 g/mol. The van der Waals surface area contributed by atoms with Gasteiger partial charge in [-0.25, -0.2) is 0 Å². The molecular formula is C21H15Cl2NO3. The molecule has 3 rings (SSSR count). The second-order valence-electron chi connectivity index (χ2n) is 5.68. The van der Waals surface area contributed by atoms with E-state index in [-0.39, 0.29) is 18.3 Å². The molecule has 27 heavy (non-hydrogen) atoms. The zero-order valence-corrected chi connectivity index (χ0v) is 15.6. The fourth-order valence-corrected chi connectivity index (χ4v) is 2.68. The average molecular weight is 400 g/mol. The molecule has 0 fully saturated rings. The van der Waals surface area contributed by atoms with Crippen LogP contribution in [0.1, 0.15) is 20.7 Å². The minimum absolute atomic E-state index is 0.171. The van der Waals surface area contributed by atoms with Gasteiger partial charge in [0.05, 0.1) is 5.02 Å². The van der Waals surface area contributed by atoms with Crippen LogP contribution in [0.5, 0.6) is 5.75 Å². The number of hydrogen-bond donors (Lipinski definition) is 1. The molecule has 0 aliphatic heterocycles. The summed E-state index contributed by atoms with van der Waals surface area (Å²) < 4.78 is 5.45. The van der Waals surface area contributed by atoms with E-state index in [1.807, 2.05) is 6.07 Å². The number of anilines is 1. The summed E-state index contributed by atoms with van der Waals surface area (Å²) in [5.41, 5.74) is 1.62. The fraction of sp³-hybridized carbons (Fsp3) is 0.0476. The Bertz CT molecular complexity index is 957. The van der Waals surface area contributed by atoms with Crippen LogP contribution >= 0.6 is 23.2 Å². The van der Waals surface area contributed by atoms with E-state index >= 15 is 0 Å². The number of Topliss-reactive ketones (excluding diaryl/α,β-unsaturated/α-hetero) is 1. The van der Waals surface area contributed by atoms with E-state index < -0.39 is 0 Å². The number of carbonyl (C=O) groups excluding carboxylic acids is 2. The quantitative estimate of drug-likeness (QED) is 0.556. The Hall–Kier alpha value is -2.82. The van der Waals surface area contributed by atoms with E-state index in [1.165, 1.54) is 0 Å². The maximum atomic E-state index is 12.3. The number of carbonyl (C=O) groups is 2. The van der Waals surface area contributed by atoms with Gasteiger partial charge in [-0.3, -0.25) is 9.59 Å². The minimum atomic E-state index is -0.216. The maximum absolute atomic E-state index is 12.3. The van der Waals surface area contributed by atoms with Gasteiger partial charge in [0.15, 0.2) is 12.4 Å². The summed E-state index contributed by atoms with van der Waals surface area (Å²) in [6.45, 7) is -0.171. The van der Waals surface area contributed by atoms with Gasteiger partial charge < -0.3 is 10.1 Å². The van der Waals surface area contributed by atoms with Crippen LogP contribution in [0.15, 0.2) is 72.8 Å². The molecule has 0 radical (unpaired) electrons. The topological polar surface area (TPSA) is 55.4 Å². The lowest BCUT2D eigenvalue weighted by atomic mass is 10.1. The molecule has 0 spiro atoms. The number of benzene rings is 3. The molecule has 0 aliphatic carbocycles. The molecule has 3 aromatic rings. The maximum Gasteiger partial charge on any atom is 0.255 e. The highest BCUT2D eigenvalue weighted by molar-refractivity contribution is 6.34. The molecule has 0 saturated heterocycles. The van der Waals surface area contributed by atoms with E-state index in [0.29, 0.717) is 32.6 Å². The minimum Gasteiger partial charge on any atom is -0.484 e. The number of rotatable bonds is 6. The predicted octanol–water partition coefficient (Wildman–Crippen LogP) is 5.51. The highest BCUT2D eigenvalue weighted by atomic mass is 35.5. The summed E-state index contributed by atoms with van der Waals surface area (Å²) >= 11 is 11.9. The number of ether oxygens (including phenoxy) is 1. The molecule has 0 atom stereocenters. The lowest BCUT2D eigenvalue weighted by molar-refractivity contribution is 0.0921. The van der Waals surface area contributed by atoms with Crippen LogP contribution in [0.25, 0.3) is 0 Å². The van der Waals surface area contributed by atoms with E-state index in [4.69, 9.17) is 27.9 Å². The van der Waals surface area contributed by atoms with Gasteiger partial charge in [-0.2, -0.15) is 0 Å². The first-order chi connectivity index (χ1) is 13.0. The van der Waals surface area contributed by atoms with Gasteiger partial charge in [0.25, 0.3) is 5.91 Å². The molecule has 136 valence electrons. The van der Waals surface area contributed by atoms with Crippen molar-refractivity contribution in [2.45, 2.75) is 0 Å². The summed E-state index contributed by atoms with van der Waals surface area (Å²) in [4.78, 5) is 24.4. The lowest BCUT2D eigenvalue weighted by Gasteiger charge is -2.09. The van der Waals surface area contributed by atoms with Crippen LogP contribution in [-0.4, -0.2) is 18.3 Å². The van der Waals surface area contributed by atoms with E-state index in [1.54, 1.807) is 66.7 Å². The van der Waals surface area contributed by atoms with Crippen LogP contribution in [0.3, 0.4) is 0 Å². The highest BCUT2D eigenvalue weighted by Crippen LogP contribution is 2.27. The second-order valence-corrected chi connectivity index (χ2v) is 6.53. The van der Waals surface area contributed by atoms with Crippen molar-refractivity contribution in [3.63, 3.8) is 0 Å². The van der Waals surface area contributed by atoms with Crippen molar-refractivity contribution >= 4 is 40.6 Å². The number of amides is 1. The second kappa shape index (κ2) is 8.71. The largest absolute Gasteiger partial charge is 0.484 e. The molecule has 1 N–H and O–H groups in total. The Kier molecular flexibility index (Phi) is 6.12. The molecule has 0 saturated carbocycles. The van der Waals surface area contributed by atoms with Gasteiger partial charge >= 0.3 is 0 Å². The Morgan fingerprint density at radius 1 is 0.852 bits per heavy atom. The summed E-state index contributed by atoms with van der Waals surface area (Å²) in [5, 5.41) is 3.64. The SMILES string of the molecule is O=C(COc1cc(Cl)ccc1Cl)c1ccc(NC(=O)c2ccccc2)cc1. The fourth-order valence-electron chi connectivity index (χ4n) is 2.35. The molecule has 6 heteroatoms. The van der Waals surface area contributed by atoms with E-state index in [9.17, 15) is 9.59 Å².